The highest BCUT2D eigenvalue weighted by atomic mass is 32.2. The largest absolute Gasteiger partial charge is 0.377 e. The minimum Gasteiger partial charge on any atom is -0.377 e. The van der Waals surface area contributed by atoms with Gasteiger partial charge in [0.2, 0.25) is 0 Å². The zero-order valence-electron chi connectivity index (χ0n) is 11.8. The Balaban J connectivity index is 1.74. The molecule has 1 saturated carbocycles. The molecule has 0 N–H and O–H groups in total. The van der Waals surface area contributed by atoms with E-state index in [0.29, 0.717) is 17.6 Å². The Morgan fingerprint density at radius 1 is 1.30 bits per heavy atom. The van der Waals surface area contributed by atoms with E-state index in [-0.39, 0.29) is 0 Å². The molecule has 3 rings (SSSR count). The summed E-state index contributed by atoms with van der Waals surface area (Å²) in [5, 5.41) is 10.2. The van der Waals surface area contributed by atoms with Gasteiger partial charge in [0, 0.05) is 18.3 Å². The number of hydrogen-bond donors (Lipinski definition) is 0. The Labute approximate surface area is 124 Å². The monoisotopic (exact) mass is 289 g/mol. The Bertz CT molecular complexity index is 531. The maximum absolute atomic E-state index is 9.31. The molecule has 0 amide bonds. The van der Waals surface area contributed by atoms with Crippen molar-refractivity contribution < 1.29 is 4.74 Å². The molecule has 1 saturated heterocycles. The summed E-state index contributed by atoms with van der Waals surface area (Å²) in [4.78, 5) is 9.11. The van der Waals surface area contributed by atoms with Gasteiger partial charge in [-0.25, -0.2) is 9.97 Å². The van der Waals surface area contributed by atoms with Gasteiger partial charge in [-0.2, -0.15) is 5.26 Å². The summed E-state index contributed by atoms with van der Waals surface area (Å²) in [6, 6.07) is 2.25. The summed E-state index contributed by atoms with van der Waals surface area (Å²) in [7, 11) is 0. The van der Waals surface area contributed by atoms with Crippen LogP contribution in [0.3, 0.4) is 0 Å². The van der Waals surface area contributed by atoms with E-state index < -0.39 is 0 Å². The first-order chi connectivity index (χ1) is 9.78. The molecule has 1 aromatic rings. The van der Waals surface area contributed by atoms with Crippen LogP contribution in [-0.4, -0.2) is 28.4 Å². The minimum atomic E-state index is 0.305. The topological polar surface area (TPSA) is 58.8 Å². The first kappa shape index (κ1) is 13.8. The van der Waals surface area contributed by atoms with Crippen LogP contribution in [0.25, 0.3) is 0 Å². The van der Waals surface area contributed by atoms with Crippen molar-refractivity contribution in [1.82, 2.24) is 9.97 Å². The SMILES string of the molecule is Cc1nc(C2CC2)nc(SC[C@@H]2CCCCO2)c1C#N. The van der Waals surface area contributed by atoms with E-state index in [1.807, 2.05) is 6.92 Å². The molecule has 0 radical (unpaired) electrons. The standard InChI is InChI=1S/C15H19N3OS/c1-10-13(8-16)15(18-14(17-10)11-5-6-11)20-9-12-4-2-3-7-19-12/h11-12H,2-7,9H2,1H3/t12-/m0/s1. The minimum absolute atomic E-state index is 0.305. The number of nitrogens with zero attached hydrogens (tertiary/aromatic N) is 3. The third kappa shape index (κ3) is 3.13. The Morgan fingerprint density at radius 2 is 2.15 bits per heavy atom. The third-order valence-electron chi connectivity index (χ3n) is 3.81. The van der Waals surface area contributed by atoms with E-state index >= 15 is 0 Å². The summed E-state index contributed by atoms with van der Waals surface area (Å²) >= 11 is 1.65. The maximum atomic E-state index is 9.31. The lowest BCUT2D eigenvalue weighted by molar-refractivity contribution is 0.0315. The Morgan fingerprint density at radius 3 is 2.80 bits per heavy atom. The molecule has 1 aliphatic carbocycles. The van der Waals surface area contributed by atoms with Crippen molar-refractivity contribution >= 4 is 11.8 Å². The van der Waals surface area contributed by atoms with Gasteiger partial charge < -0.3 is 4.74 Å². The zero-order valence-corrected chi connectivity index (χ0v) is 12.6. The molecule has 0 unspecified atom stereocenters. The first-order valence-electron chi connectivity index (χ1n) is 7.31. The van der Waals surface area contributed by atoms with Gasteiger partial charge in [-0.05, 0) is 39.0 Å². The molecule has 2 heterocycles. The molecule has 1 atom stereocenters. The van der Waals surface area contributed by atoms with Gasteiger partial charge in [-0.3, -0.25) is 0 Å². The molecule has 106 valence electrons. The molecular formula is C15H19N3OS. The maximum Gasteiger partial charge on any atom is 0.133 e. The predicted molar refractivity (Wildman–Crippen MR) is 77.8 cm³/mol. The fraction of sp³-hybridized carbons (Fsp3) is 0.667. The van der Waals surface area contributed by atoms with Crippen molar-refractivity contribution in [1.29, 1.82) is 5.26 Å². The van der Waals surface area contributed by atoms with Crippen LogP contribution in [0.1, 0.15) is 55.1 Å². The van der Waals surface area contributed by atoms with Crippen molar-refractivity contribution in [2.45, 2.75) is 56.1 Å². The highest BCUT2D eigenvalue weighted by Gasteiger charge is 2.28. The molecule has 4 nitrogen and oxygen atoms in total. The van der Waals surface area contributed by atoms with Crippen molar-refractivity contribution in [2.75, 3.05) is 12.4 Å². The fourth-order valence-electron chi connectivity index (χ4n) is 2.44. The lowest BCUT2D eigenvalue weighted by Gasteiger charge is -2.22. The molecule has 2 fully saturated rings. The van der Waals surface area contributed by atoms with Gasteiger partial charge in [0.25, 0.3) is 0 Å². The van der Waals surface area contributed by atoms with Crippen LogP contribution >= 0.6 is 11.8 Å². The predicted octanol–water partition coefficient (Wildman–Crippen LogP) is 3.20. The molecule has 0 bridgehead atoms. The number of thioether (sulfide) groups is 1. The molecule has 20 heavy (non-hydrogen) atoms. The number of nitriles is 1. The number of ether oxygens (including phenoxy) is 1. The molecular weight excluding hydrogens is 270 g/mol. The van der Waals surface area contributed by atoms with Crippen molar-refractivity contribution in [3.05, 3.63) is 17.1 Å². The van der Waals surface area contributed by atoms with Crippen LogP contribution in [0.4, 0.5) is 0 Å². The summed E-state index contributed by atoms with van der Waals surface area (Å²) in [5.41, 5.74) is 1.45. The van der Waals surface area contributed by atoms with Gasteiger partial charge in [0.05, 0.1) is 11.8 Å². The number of hydrogen-bond acceptors (Lipinski definition) is 5. The van der Waals surface area contributed by atoms with Crippen LogP contribution in [0, 0.1) is 18.3 Å². The van der Waals surface area contributed by atoms with Gasteiger partial charge in [-0.1, -0.05) is 0 Å². The van der Waals surface area contributed by atoms with E-state index in [0.717, 1.165) is 35.3 Å². The van der Waals surface area contributed by atoms with Gasteiger partial charge in [0.1, 0.15) is 22.5 Å². The molecule has 0 spiro atoms. The smallest absolute Gasteiger partial charge is 0.133 e. The van der Waals surface area contributed by atoms with E-state index in [9.17, 15) is 5.26 Å². The normalized spacial score (nSPS) is 22.5. The summed E-state index contributed by atoms with van der Waals surface area (Å²) in [5.74, 6) is 2.33. The van der Waals surface area contributed by atoms with Crippen LogP contribution in [0.2, 0.25) is 0 Å². The number of rotatable bonds is 4. The van der Waals surface area contributed by atoms with E-state index in [2.05, 4.69) is 16.0 Å². The molecule has 1 aromatic heterocycles. The zero-order chi connectivity index (χ0) is 13.9. The second kappa shape index (κ2) is 6.11. The highest BCUT2D eigenvalue weighted by molar-refractivity contribution is 7.99. The summed E-state index contributed by atoms with van der Waals surface area (Å²) < 4.78 is 5.75. The van der Waals surface area contributed by atoms with E-state index in [1.54, 1.807) is 11.8 Å². The van der Waals surface area contributed by atoms with Gasteiger partial charge >= 0.3 is 0 Å². The molecule has 2 aliphatic rings. The van der Waals surface area contributed by atoms with E-state index in [1.165, 1.54) is 25.7 Å². The van der Waals surface area contributed by atoms with Crippen LogP contribution in [0.5, 0.6) is 0 Å². The van der Waals surface area contributed by atoms with Gasteiger partial charge in [-0.15, -0.1) is 11.8 Å². The van der Waals surface area contributed by atoms with Gasteiger partial charge in [0.15, 0.2) is 0 Å². The average molecular weight is 289 g/mol. The highest BCUT2D eigenvalue weighted by Crippen LogP contribution is 2.39. The van der Waals surface area contributed by atoms with Crippen molar-refractivity contribution in [3.8, 4) is 6.07 Å². The lowest BCUT2D eigenvalue weighted by Crippen LogP contribution is -2.21. The molecule has 1 aliphatic heterocycles. The second-order valence-corrected chi connectivity index (χ2v) is 6.54. The third-order valence-corrected chi connectivity index (χ3v) is 4.92. The first-order valence-corrected chi connectivity index (χ1v) is 8.29. The summed E-state index contributed by atoms with van der Waals surface area (Å²) in [6.07, 6.45) is 6.20. The Hall–Kier alpha value is -1.12. The Kier molecular flexibility index (Phi) is 4.23. The van der Waals surface area contributed by atoms with Crippen molar-refractivity contribution in [2.24, 2.45) is 0 Å². The fourth-order valence-corrected chi connectivity index (χ4v) is 3.54. The number of aryl methyl sites for hydroxylation is 1. The quantitative estimate of drug-likeness (QED) is 0.629. The van der Waals surface area contributed by atoms with Crippen LogP contribution < -0.4 is 0 Å². The molecule has 5 heteroatoms. The average Bonchev–Trinajstić information content (AvgIpc) is 3.30. The van der Waals surface area contributed by atoms with Crippen molar-refractivity contribution in [3.63, 3.8) is 0 Å². The van der Waals surface area contributed by atoms with Crippen LogP contribution in [-0.2, 0) is 4.74 Å². The summed E-state index contributed by atoms with van der Waals surface area (Å²) in [6.45, 7) is 2.78. The van der Waals surface area contributed by atoms with Crippen LogP contribution in [0.15, 0.2) is 5.03 Å². The lowest BCUT2D eigenvalue weighted by atomic mass is 10.1. The molecule has 0 aromatic carbocycles. The van der Waals surface area contributed by atoms with E-state index in [4.69, 9.17) is 4.74 Å². The number of aromatic nitrogens is 2. The second-order valence-electron chi connectivity index (χ2n) is 5.53.